The predicted molar refractivity (Wildman–Crippen MR) is 119 cm³/mol. The van der Waals surface area contributed by atoms with Crippen LogP contribution in [0.1, 0.15) is 78.1 Å². The van der Waals surface area contributed by atoms with Crippen LogP contribution < -0.4 is 10.0 Å². The smallest absolute Gasteiger partial charge is 0.328 e. The second kappa shape index (κ2) is 8.12. The average molecular weight is 438 g/mol. The van der Waals surface area contributed by atoms with E-state index >= 15 is 0 Å². The molecule has 1 aliphatic heterocycles. The van der Waals surface area contributed by atoms with Crippen LogP contribution in [0.2, 0.25) is 0 Å². The van der Waals surface area contributed by atoms with Crippen LogP contribution in [-0.2, 0) is 10.0 Å². The van der Waals surface area contributed by atoms with E-state index in [1.165, 1.54) is 37.5 Å². The molecule has 1 saturated heterocycles. The Morgan fingerprint density at radius 3 is 2.67 bits per heavy atom. The molecular formula is C23H39N3O3S. The molecular weight excluding hydrogens is 398 g/mol. The Morgan fingerprint density at radius 2 is 1.97 bits per heavy atom. The highest BCUT2D eigenvalue weighted by atomic mass is 32.2. The first-order chi connectivity index (χ1) is 14.2. The number of likely N-dealkylation sites (N-methyl/N-ethyl adjacent to an activating group) is 1. The predicted octanol–water partition coefficient (Wildman–Crippen LogP) is 4.00. The summed E-state index contributed by atoms with van der Waals surface area (Å²) in [5.74, 6) is 1.83. The number of nitrogens with one attached hydrogen (secondary N) is 2. The molecule has 5 unspecified atom stereocenters. The van der Waals surface area contributed by atoms with Crippen LogP contribution in [0, 0.1) is 23.2 Å². The van der Waals surface area contributed by atoms with E-state index in [9.17, 15) is 13.2 Å². The highest BCUT2D eigenvalue weighted by Crippen LogP contribution is 2.58. The monoisotopic (exact) mass is 437 g/mol. The van der Waals surface area contributed by atoms with Gasteiger partial charge in [0.05, 0.1) is 0 Å². The van der Waals surface area contributed by atoms with Crippen LogP contribution in [-0.4, -0.2) is 44.5 Å². The molecule has 4 aliphatic rings. The van der Waals surface area contributed by atoms with Crippen LogP contribution in [0.3, 0.4) is 0 Å². The summed E-state index contributed by atoms with van der Waals surface area (Å²) < 4.78 is 27.6. The van der Waals surface area contributed by atoms with Gasteiger partial charge in [0.15, 0.2) is 0 Å². The standard InChI is InChI=1S/C23H39N3O3S/c1-4-23(12-7-14-26(23)3)13-15-30(28,29)25-21(27)24-20-19-10-5-8-17(19)16-18-9-6-11-22(18,20)2/h13,15,17-20H,4-12,14,16H2,1-3H3,(H2,24,25,27)/b15-13+/t17?,18?,19?,20?,22?,23-/m0/s1. The maximum atomic E-state index is 12.8. The number of carbonyl (C=O) groups excluding carboxylic acids is 1. The van der Waals surface area contributed by atoms with Crippen molar-refractivity contribution in [3.8, 4) is 0 Å². The zero-order chi connectivity index (χ0) is 21.6. The van der Waals surface area contributed by atoms with E-state index in [1.807, 2.05) is 7.05 Å². The minimum Gasteiger partial charge on any atom is -0.334 e. The SMILES string of the molecule is CC[C@@]1(/C=C/S(=O)(=O)NC(=O)NC2C3CCCC3CC3CCCC32C)CCCN1C. The molecule has 7 heteroatoms. The first kappa shape index (κ1) is 22.1. The summed E-state index contributed by atoms with van der Waals surface area (Å²) in [6.45, 7) is 5.37. The molecule has 6 nitrogen and oxygen atoms in total. The molecule has 1 heterocycles. The van der Waals surface area contributed by atoms with Gasteiger partial charge >= 0.3 is 6.03 Å². The third kappa shape index (κ3) is 3.92. The average Bonchev–Trinajstić information content (AvgIpc) is 3.39. The zero-order valence-corrected chi connectivity index (χ0v) is 19.6. The Morgan fingerprint density at radius 1 is 1.17 bits per heavy atom. The van der Waals surface area contributed by atoms with Crippen molar-refractivity contribution in [2.75, 3.05) is 13.6 Å². The number of likely N-dealkylation sites (tertiary alicyclic amines) is 1. The van der Waals surface area contributed by atoms with Gasteiger partial charge in [0.25, 0.3) is 10.0 Å². The number of sulfonamides is 1. The maximum absolute atomic E-state index is 12.8. The first-order valence-electron chi connectivity index (χ1n) is 11.9. The lowest BCUT2D eigenvalue weighted by molar-refractivity contribution is 0.0285. The molecule has 6 atom stereocenters. The Bertz CT molecular complexity index is 798. The first-order valence-corrected chi connectivity index (χ1v) is 13.5. The van der Waals surface area contributed by atoms with Crippen molar-refractivity contribution in [3.05, 3.63) is 11.5 Å². The third-order valence-electron chi connectivity index (χ3n) is 9.20. The van der Waals surface area contributed by atoms with Gasteiger partial charge in [-0.15, -0.1) is 0 Å². The van der Waals surface area contributed by atoms with E-state index in [0.717, 1.165) is 38.6 Å². The fraction of sp³-hybridized carbons (Fsp3) is 0.870. The lowest BCUT2D eigenvalue weighted by atomic mass is 9.59. The largest absolute Gasteiger partial charge is 0.334 e. The molecule has 3 aliphatic carbocycles. The van der Waals surface area contributed by atoms with Gasteiger partial charge in [0.1, 0.15) is 0 Å². The minimum atomic E-state index is -3.82. The molecule has 0 bridgehead atoms. The Kier molecular flexibility index (Phi) is 5.99. The van der Waals surface area contributed by atoms with Crippen molar-refractivity contribution in [3.63, 3.8) is 0 Å². The number of urea groups is 1. The molecule has 3 saturated carbocycles. The van der Waals surface area contributed by atoms with Crippen LogP contribution in [0.25, 0.3) is 0 Å². The van der Waals surface area contributed by atoms with Crippen molar-refractivity contribution in [2.45, 2.75) is 89.6 Å². The Hall–Kier alpha value is -1.08. The van der Waals surface area contributed by atoms with Gasteiger partial charge in [0.2, 0.25) is 0 Å². The molecule has 2 N–H and O–H groups in total. The number of rotatable bonds is 5. The van der Waals surface area contributed by atoms with E-state index < -0.39 is 16.1 Å². The highest BCUT2D eigenvalue weighted by molar-refractivity contribution is 7.92. The number of hydrogen-bond donors (Lipinski definition) is 2. The highest BCUT2D eigenvalue weighted by Gasteiger charge is 2.55. The molecule has 0 aromatic rings. The van der Waals surface area contributed by atoms with Crippen LogP contribution >= 0.6 is 0 Å². The van der Waals surface area contributed by atoms with Gasteiger partial charge in [-0.1, -0.05) is 39.2 Å². The molecule has 170 valence electrons. The molecule has 0 aromatic carbocycles. The Labute approximate surface area is 182 Å². The van der Waals surface area contributed by atoms with Gasteiger partial charge in [-0.25, -0.2) is 17.9 Å². The second-order valence-electron chi connectivity index (χ2n) is 10.6. The summed E-state index contributed by atoms with van der Waals surface area (Å²) in [5.41, 5.74) is -0.127. The lowest BCUT2D eigenvalue weighted by Gasteiger charge is -2.50. The number of hydrogen-bond acceptors (Lipinski definition) is 4. The van der Waals surface area contributed by atoms with Crippen LogP contribution in [0.4, 0.5) is 4.79 Å². The van der Waals surface area contributed by atoms with Crippen molar-refractivity contribution in [1.82, 2.24) is 14.9 Å². The minimum absolute atomic E-state index is 0.0772. The van der Waals surface area contributed by atoms with Gasteiger partial charge in [-0.3, -0.25) is 4.90 Å². The number of amides is 2. The molecule has 2 amide bonds. The van der Waals surface area contributed by atoms with Gasteiger partial charge in [-0.05, 0) is 81.7 Å². The topological polar surface area (TPSA) is 78.5 Å². The molecule has 4 rings (SSSR count). The summed E-state index contributed by atoms with van der Waals surface area (Å²) in [6, 6.07) is -0.484. The fourth-order valence-electron chi connectivity index (χ4n) is 7.34. The molecule has 0 aromatic heterocycles. The van der Waals surface area contributed by atoms with Crippen molar-refractivity contribution < 1.29 is 13.2 Å². The van der Waals surface area contributed by atoms with Crippen LogP contribution in [0.15, 0.2) is 11.5 Å². The van der Waals surface area contributed by atoms with E-state index in [2.05, 4.69) is 28.8 Å². The summed E-state index contributed by atoms with van der Waals surface area (Å²) in [6.07, 6.45) is 13.1. The van der Waals surface area contributed by atoms with E-state index in [1.54, 1.807) is 6.08 Å². The quantitative estimate of drug-likeness (QED) is 0.681. The summed E-state index contributed by atoms with van der Waals surface area (Å²) >= 11 is 0. The normalized spacial score (nSPS) is 41.7. The fourth-order valence-corrected chi connectivity index (χ4v) is 8.16. The third-order valence-corrected chi connectivity index (χ3v) is 10.2. The van der Waals surface area contributed by atoms with Crippen molar-refractivity contribution >= 4 is 16.1 Å². The van der Waals surface area contributed by atoms with Crippen molar-refractivity contribution in [1.29, 1.82) is 0 Å². The van der Waals surface area contributed by atoms with Gasteiger partial charge in [-0.2, -0.15) is 0 Å². The summed E-state index contributed by atoms with van der Waals surface area (Å²) in [7, 11) is -1.79. The number of carbonyl (C=O) groups is 1. The molecule has 30 heavy (non-hydrogen) atoms. The van der Waals surface area contributed by atoms with Crippen LogP contribution in [0.5, 0.6) is 0 Å². The number of nitrogens with zero attached hydrogens (tertiary/aromatic N) is 1. The second-order valence-corrected chi connectivity index (χ2v) is 12.1. The van der Waals surface area contributed by atoms with Gasteiger partial charge < -0.3 is 5.32 Å². The van der Waals surface area contributed by atoms with E-state index in [4.69, 9.17) is 0 Å². The van der Waals surface area contributed by atoms with E-state index in [0.29, 0.717) is 17.8 Å². The van der Waals surface area contributed by atoms with E-state index in [-0.39, 0.29) is 17.0 Å². The molecule has 0 radical (unpaired) electrons. The summed E-state index contributed by atoms with van der Waals surface area (Å²) in [4.78, 5) is 15.0. The maximum Gasteiger partial charge on any atom is 0.328 e. The lowest BCUT2D eigenvalue weighted by Crippen LogP contribution is -2.58. The van der Waals surface area contributed by atoms with Gasteiger partial charge in [0, 0.05) is 17.0 Å². The Balaban J connectivity index is 1.45. The number of fused-ring (bicyclic) bond motifs is 2. The molecule has 4 fully saturated rings. The summed E-state index contributed by atoms with van der Waals surface area (Å²) in [5, 5.41) is 4.35. The zero-order valence-electron chi connectivity index (χ0n) is 18.8. The van der Waals surface area contributed by atoms with Crippen molar-refractivity contribution in [2.24, 2.45) is 23.2 Å². The molecule has 0 spiro atoms.